The van der Waals surface area contributed by atoms with Crippen molar-refractivity contribution in [2.75, 3.05) is 11.9 Å². The minimum Gasteiger partial charge on any atom is -0.378 e. The van der Waals surface area contributed by atoms with Crippen molar-refractivity contribution in [3.8, 4) is 0 Å². The first-order chi connectivity index (χ1) is 8.05. The summed E-state index contributed by atoms with van der Waals surface area (Å²) < 4.78 is 19.8. The molecule has 1 heterocycles. The van der Waals surface area contributed by atoms with Gasteiger partial charge in [0, 0.05) is 21.8 Å². The molecule has 0 N–H and O–H groups in total. The van der Waals surface area contributed by atoms with Gasteiger partial charge >= 0.3 is 0 Å². The van der Waals surface area contributed by atoms with Crippen molar-refractivity contribution in [1.82, 2.24) is 0 Å². The number of rotatable bonds is 3. The lowest BCUT2D eigenvalue weighted by Crippen LogP contribution is -2.33. The molecule has 94 valence electrons. The van der Waals surface area contributed by atoms with E-state index >= 15 is 0 Å². The monoisotopic (exact) mass is 364 g/mol. The molecular formula is C13H15Br2FO. The highest BCUT2D eigenvalue weighted by Crippen LogP contribution is 2.40. The summed E-state index contributed by atoms with van der Waals surface area (Å²) in [5.41, 5.74) is 1.11. The zero-order chi connectivity index (χ0) is 12.5. The summed E-state index contributed by atoms with van der Waals surface area (Å²) in [6.07, 6.45) is 2.08. The van der Waals surface area contributed by atoms with Gasteiger partial charge in [0.25, 0.3) is 0 Å². The molecule has 1 nitrogen and oxygen atoms in total. The van der Waals surface area contributed by atoms with Crippen molar-refractivity contribution in [1.29, 1.82) is 0 Å². The maximum Gasteiger partial charge on any atom is 0.124 e. The third-order valence-electron chi connectivity index (χ3n) is 3.57. The number of halogens is 3. The molecule has 1 aromatic rings. The minimum absolute atomic E-state index is 0.0905. The van der Waals surface area contributed by atoms with E-state index in [9.17, 15) is 4.39 Å². The first-order valence-electron chi connectivity index (χ1n) is 5.68. The molecule has 0 aliphatic carbocycles. The quantitative estimate of drug-likeness (QED) is 0.725. The zero-order valence-corrected chi connectivity index (χ0v) is 12.9. The predicted octanol–water partition coefficient (Wildman–Crippen LogP) is 4.32. The van der Waals surface area contributed by atoms with Crippen LogP contribution in [0.2, 0.25) is 0 Å². The highest BCUT2D eigenvalue weighted by molar-refractivity contribution is 9.10. The molecule has 0 aromatic heterocycles. The van der Waals surface area contributed by atoms with Crippen LogP contribution in [0.5, 0.6) is 0 Å². The average Bonchev–Trinajstić information content (AvgIpc) is 2.59. The van der Waals surface area contributed by atoms with Crippen LogP contribution in [-0.4, -0.2) is 18.0 Å². The van der Waals surface area contributed by atoms with Gasteiger partial charge in [-0.05, 0) is 43.5 Å². The highest BCUT2D eigenvalue weighted by atomic mass is 79.9. The molecule has 1 aromatic carbocycles. The molecular weight excluding hydrogens is 351 g/mol. The number of alkyl halides is 1. The maximum atomic E-state index is 13.4. The minimum atomic E-state index is -0.189. The Bertz CT molecular complexity index is 390. The van der Waals surface area contributed by atoms with Gasteiger partial charge < -0.3 is 4.74 Å². The number of ether oxygens (including phenoxy) is 1. The van der Waals surface area contributed by atoms with Crippen LogP contribution in [0.25, 0.3) is 0 Å². The Labute approximate surface area is 118 Å². The number of hydrogen-bond donors (Lipinski definition) is 0. The van der Waals surface area contributed by atoms with Crippen molar-refractivity contribution in [2.24, 2.45) is 5.41 Å². The summed E-state index contributed by atoms with van der Waals surface area (Å²) in [7, 11) is 0. The summed E-state index contributed by atoms with van der Waals surface area (Å²) in [4.78, 5) is 0. The summed E-state index contributed by atoms with van der Waals surface area (Å²) in [6.45, 7) is 2.89. The van der Waals surface area contributed by atoms with Gasteiger partial charge in [0.05, 0.1) is 6.10 Å². The SMILES string of the molecule is CC1OCCC1(CBr)Cc1cc(F)cc(Br)c1. The Balaban J connectivity index is 2.24. The van der Waals surface area contributed by atoms with Crippen molar-refractivity contribution in [3.05, 3.63) is 34.1 Å². The Morgan fingerprint density at radius 1 is 1.47 bits per heavy atom. The molecule has 1 aliphatic rings. The molecule has 0 bridgehead atoms. The van der Waals surface area contributed by atoms with Crippen LogP contribution in [0.15, 0.2) is 22.7 Å². The molecule has 4 heteroatoms. The number of hydrogen-bond acceptors (Lipinski definition) is 1. The smallest absolute Gasteiger partial charge is 0.124 e. The van der Waals surface area contributed by atoms with Gasteiger partial charge in [-0.3, -0.25) is 0 Å². The van der Waals surface area contributed by atoms with Crippen LogP contribution in [-0.2, 0) is 11.2 Å². The molecule has 1 fully saturated rings. The van der Waals surface area contributed by atoms with Crippen LogP contribution in [0.1, 0.15) is 18.9 Å². The Kier molecular flexibility index (Phi) is 4.26. The normalized spacial score (nSPS) is 28.6. The fourth-order valence-electron chi connectivity index (χ4n) is 2.39. The fraction of sp³-hybridized carbons (Fsp3) is 0.538. The van der Waals surface area contributed by atoms with E-state index in [1.807, 2.05) is 6.07 Å². The summed E-state index contributed by atoms with van der Waals surface area (Å²) >= 11 is 6.92. The Morgan fingerprint density at radius 3 is 2.76 bits per heavy atom. The second kappa shape index (κ2) is 5.37. The molecule has 1 aliphatic heterocycles. The summed E-state index contributed by atoms with van der Waals surface area (Å²) in [6, 6.07) is 5.08. The largest absolute Gasteiger partial charge is 0.378 e. The molecule has 2 unspecified atom stereocenters. The van der Waals surface area contributed by atoms with Crippen LogP contribution >= 0.6 is 31.9 Å². The van der Waals surface area contributed by atoms with E-state index in [2.05, 4.69) is 38.8 Å². The highest BCUT2D eigenvalue weighted by Gasteiger charge is 2.40. The molecule has 0 saturated carbocycles. The van der Waals surface area contributed by atoms with Gasteiger partial charge in [0.2, 0.25) is 0 Å². The van der Waals surface area contributed by atoms with Crippen molar-refractivity contribution < 1.29 is 9.13 Å². The van der Waals surface area contributed by atoms with E-state index in [1.165, 1.54) is 6.07 Å². The lowest BCUT2D eigenvalue weighted by molar-refractivity contribution is 0.0746. The molecule has 2 atom stereocenters. The number of benzene rings is 1. The van der Waals surface area contributed by atoms with Gasteiger partial charge in [-0.1, -0.05) is 31.9 Å². The van der Waals surface area contributed by atoms with Crippen molar-refractivity contribution >= 4 is 31.9 Å². The average molecular weight is 366 g/mol. The topological polar surface area (TPSA) is 9.23 Å². The summed E-state index contributed by atoms with van der Waals surface area (Å²) in [5.74, 6) is -0.189. The standard InChI is InChI=1S/C13H15Br2FO/c1-9-13(8-14,2-3-17-9)7-10-4-11(15)6-12(16)5-10/h4-6,9H,2-3,7-8H2,1H3. The van der Waals surface area contributed by atoms with Crippen LogP contribution in [0, 0.1) is 11.2 Å². The molecule has 0 spiro atoms. The van der Waals surface area contributed by atoms with Gasteiger partial charge in [-0.15, -0.1) is 0 Å². The molecule has 0 radical (unpaired) electrons. The second-order valence-corrected chi connectivity index (χ2v) is 6.19. The predicted molar refractivity (Wildman–Crippen MR) is 74.1 cm³/mol. The lowest BCUT2D eigenvalue weighted by Gasteiger charge is -2.30. The second-order valence-electron chi connectivity index (χ2n) is 4.71. The first kappa shape index (κ1) is 13.5. The third-order valence-corrected chi connectivity index (χ3v) is 5.15. The third kappa shape index (κ3) is 2.91. The lowest BCUT2D eigenvalue weighted by atomic mass is 9.78. The summed E-state index contributed by atoms with van der Waals surface area (Å²) in [5, 5.41) is 0.884. The van der Waals surface area contributed by atoms with Gasteiger partial charge in [-0.2, -0.15) is 0 Å². The van der Waals surface area contributed by atoms with Crippen LogP contribution in [0.3, 0.4) is 0 Å². The van der Waals surface area contributed by atoms with E-state index in [0.29, 0.717) is 0 Å². The van der Waals surface area contributed by atoms with Gasteiger partial charge in [0.15, 0.2) is 0 Å². The molecule has 1 saturated heterocycles. The maximum absolute atomic E-state index is 13.4. The Morgan fingerprint density at radius 2 is 2.24 bits per heavy atom. The first-order valence-corrected chi connectivity index (χ1v) is 7.60. The molecule has 0 amide bonds. The zero-order valence-electron chi connectivity index (χ0n) is 9.68. The van der Waals surface area contributed by atoms with Gasteiger partial charge in [0.1, 0.15) is 5.82 Å². The van der Waals surface area contributed by atoms with E-state index < -0.39 is 0 Å². The van der Waals surface area contributed by atoms with Crippen LogP contribution in [0.4, 0.5) is 4.39 Å². The van der Waals surface area contributed by atoms with E-state index in [1.54, 1.807) is 6.07 Å². The van der Waals surface area contributed by atoms with E-state index in [0.717, 1.165) is 34.8 Å². The van der Waals surface area contributed by atoms with Crippen LogP contribution < -0.4 is 0 Å². The fourth-order valence-corrected chi connectivity index (χ4v) is 3.84. The van der Waals surface area contributed by atoms with Gasteiger partial charge in [-0.25, -0.2) is 4.39 Å². The Hall–Kier alpha value is 0.0700. The molecule has 17 heavy (non-hydrogen) atoms. The van der Waals surface area contributed by atoms with Crippen molar-refractivity contribution in [3.63, 3.8) is 0 Å². The van der Waals surface area contributed by atoms with Crippen molar-refractivity contribution in [2.45, 2.75) is 25.9 Å². The van der Waals surface area contributed by atoms with E-state index in [4.69, 9.17) is 4.74 Å². The molecule has 2 rings (SSSR count). The van der Waals surface area contributed by atoms with E-state index in [-0.39, 0.29) is 17.3 Å².